The van der Waals surface area contributed by atoms with Gasteiger partial charge in [-0.05, 0) is 33.9 Å². The summed E-state index contributed by atoms with van der Waals surface area (Å²) in [4.78, 5) is 8.95. The predicted octanol–water partition coefficient (Wildman–Crippen LogP) is 7.94. The number of hydrogen-bond acceptors (Lipinski definition) is 2. The van der Waals surface area contributed by atoms with Crippen LogP contribution >= 0.6 is 0 Å². The minimum Gasteiger partial charge on any atom is -0.237 e. The van der Waals surface area contributed by atoms with Crippen LogP contribution in [0.1, 0.15) is 27.8 Å². The lowest BCUT2D eigenvalue weighted by Gasteiger charge is -2.13. The van der Waals surface area contributed by atoms with E-state index in [0.29, 0.717) is 0 Å². The van der Waals surface area contributed by atoms with Crippen molar-refractivity contribution in [2.75, 3.05) is 0 Å². The first-order chi connectivity index (χ1) is 20.0. The Labute approximate surface area is 229 Å². The zero-order valence-electron chi connectivity index (χ0n) is 20.0. The van der Waals surface area contributed by atoms with Crippen molar-refractivity contribution in [3.63, 3.8) is 0 Å². The van der Waals surface area contributed by atoms with E-state index >= 15 is 8.78 Å². The number of fused-ring (bicyclic) bond motifs is 4. The molecule has 0 fully saturated rings. The van der Waals surface area contributed by atoms with Gasteiger partial charge in [0.1, 0.15) is 0 Å². The van der Waals surface area contributed by atoms with Gasteiger partial charge < -0.3 is 0 Å². The first-order valence-corrected chi connectivity index (χ1v) is 11.0. The molecule has 0 unspecified atom stereocenters. The largest absolute Gasteiger partial charge is 0.270 e. The molecular formula is C29H3F8N5. The first-order valence-electron chi connectivity index (χ1n) is 11.0. The van der Waals surface area contributed by atoms with Gasteiger partial charge in [0.25, 0.3) is 11.4 Å². The number of rotatable bonds is 1. The summed E-state index contributed by atoms with van der Waals surface area (Å²) >= 11 is 0. The van der Waals surface area contributed by atoms with Gasteiger partial charge in [0.05, 0.1) is 31.9 Å². The van der Waals surface area contributed by atoms with Gasteiger partial charge in [0, 0.05) is 27.8 Å². The van der Waals surface area contributed by atoms with Crippen LogP contribution in [0, 0.1) is 88.9 Å². The molecule has 2 aliphatic carbocycles. The fourth-order valence-electron chi connectivity index (χ4n) is 4.99. The van der Waals surface area contributed by atoms with E-state index in [9.17, 15) is 36.9 Å². The molecule has 0 bridgehead atoms. The molecule has 0 aromatic heterocycles. The smallest absolute Gasteiger partial charge is 0.237 e. The molecule has 5 rings (SSSR count). The molecular weight excluding hydrogens is 570 g/mol. The molecule has 0 aliphatic heterocycles. The topological polar surface area (TPSA) is 60.7 Å². The molecule has 0 heterocycles. The molecule has 0 N–H and O–H groups in total. The van der Waals surface area contributed by atoms with Crippen molar-refractivity contribution in [2.45, 2.75) is 0 Å². The average Bonchev–Trinajstić information content (AvgIpc) is 3.51. The molecule has 13 heteroatoms. The van der Waals surface area contributed by atoms with Gasteiger partial charge in [-0.2, -0.15) is 0 Å². The van der Waals surface area contributed by atoms with E-state index in [1.165, 1.54) is 12.1 Å². The second kappa shape index (κ2) is 9.45. The molecule has 42 heavy (non-hydrogen) atoms. The van der Waals surface area contributed by atoms with Crippen LogP contribution in [0.2, 0.25) is 0 Å². The van der Waals surface area contributed by atoms with Crippen LogP contribution in [0.4, 0.5) is 35.1 Å². The second-order valence-electron chi connectivity index (χ2n) is 8.50. The van der Waals surface area contributed by atoms with Gasteiger partial charge in [-0.15, -0.1) is 0 Å². The van der Waals surface area contributed by atoms with Crippen molar-refractivity contribution < 1.29 is 35.1 Å². The van der Waals surface area contributed by atoms with Gasteiger partial charge in [0.15, 0.2) is 46.5 Å². The highest BCUT2D eigenvalue weighted by Gasteiger charge is 2.41. The third-order valence-electron chi connectivity index (χ3n) is 6.63. The highest BCUT2D eigenvalue weighted by Crippen LogP contribution is 2.54. The van der Waals surface area contributed by atoms with E-state index < -0.39 is 108 Å². The fourth-order valence-corrected chi connectivity index (χ4v) is 4.99. The Morgan fingerprint density at radius 1 is 0.571 bits per heavy atom. The minimum absolute atomic E-state index is 0.337. The van der Waals surface area contributed by atoms with Gasteiger partial charge in [-0.3, -0.25) is 0 Å². The van der Waals surface area contributed by atoms with Crippen molar-refractivity contribution >= 4 is 22.4 Å². The summed E-state index contributed by atoms with van der Waals surface area (Å²) in [6.45, 7) is 22.2. The normalized spacial score (nSPS) is 15.0. The second-order valence-corrected chi connectivity index (χ2v) is 8.50. The molecule has 0 saturated carbocycles. The number of hydrogen-bond donors (Lipinski definition) is 0. The van der Waals surface area contributed by atoms with E-state index in [1.807, 2.05) is 0 Å². The summed E-state index contributed by atoms with van der Waals surface area (Å²) in [5, 5.41) is 19.1. The lowest BCUT2D eigenvalue weighted by atomic mass is 9.91. The van der Waals surface area contributed by atoms with Crippen LogP contribution < -0.4 is 0 Å². The van der Waals surface area contributed by atoms with E-state index in [4.69, 9.17) is 19.7 Å². The Balaban J connectivity index is 1.96. The third-order valence-corrected chi connectivity index (χ3v) is 6.63. The van der Waals surface area contributed by atoms with Crippen LogP contribution in [0.3, 0.4) is 0 Å². The summed E-state index contributed by atoms with van der Waals surface area (Å²) in [7, 11) is 0. The summed E-state index contributed by atoms with van der Waals surface area (Å²) < 4.78 is 117. The molecule has 3 aromatic rings. The van der Waals surface area contributed by atoms with Gasteiger partial charge in [-0.25, -0.2) is 60.2 Å². The number of benzene rings is 3. The molecule has 200 valence electrons. The monoisotopic (exact) mass is 573 g/mol. The van der Waals surface area contributed by atoms with Crippen LogP contribution in [-0.2, 0) is 0 Å². The molecule has 2 aliphatic rings. The van der Waals surface area contributed by atoms with Crippen molar-refractivity contribution in [2.24, 2.45) is 0 Å². The standard InChI is InChI=1S/C29H3F8N5/c1-40-12(7-38)15-11-6-9(4-5-10(11)16-18(15)22(31)26(35)25(34)21(16)30)14-17(13(8-39)41-2)19-20(29(14)42-3)24(33)28(37)27(36)23(19)32/h4-6H/b15-12-,17-13+. The van der Waals surface area contributed by atoms with Crippen LogP contribution in [0.15, 0.2) is 29.6 Å². The quantitative estimate of drug-likeness (QED) is 0.0764. The number of nitrogens with zero attached hydrogens (tertiary/aromatic N) is 5. The number of allylic oxidation sites excluding steroid dienone is 4. The lowest BCUT2D eigenvalue weighted by molar-refractivity contribution is 0.407. The van der Waals surface area contributed by atoms with Crippen molar-refractivity contribution in [1.29, 1.82) is 10.5 Å². The Bertz CT molecular complexity index is 2140. The molecule has 3 aromatic carbocycles. The van der Waals surface area contributed by atoms with E-state index in [2.05, 4.69) is 14.5 Å². The molecule has 0 saturated heterocycles. The molecule has 5 nitrogen and oxygen atoms in total. The Morgan fingerprint density at radius 2 is 1.02 bits per heavy atom. The summed E-state index contributed by atoms with van der Waals surface area (Å²) in [5.74, 6) is -16.8. The highest BCUT2D eigenvalue weighted by molar-refractivity contribution is 6.24. The summed E-state index contributed by atoms with van der Waals surface area (Å²) in [5.41, 5.74) is -10.0. The maximum Gasteiger partial charge on any atom is 0.270 e. The Morgan fingerprint density at radius 3 is 1.50 bits per heavy atom. The zero-order valence-corrected chi connectivity index (χ0v) is 20.0. The zero-order chi connectivity index (χ0) is 30.8. The number of halogens is 8. The highest BCUT2D eigenvalue weighted by atomic mass is 19.2. The summed E-state index contributed by atoms with van der Waals surface area (Å²) in [6, 6.07) is 5.73. The van der Waals surface area contributed by atoms with Crippen molar-refractivity contribution in [1.82, 2.24) is 0 Å². The molecule has 0 atom stereocenters. The summed E-state index contributed by atoms with van der Waals surface area (Å²) in [6.07, 6.45) is 0. The molecule has 0 amide bonds. The fraction of sp³-hybridized carbons (Fsp3) is 0. The minimum atomic E-state index is -2.29. The Kier molecular flexibility index (Phi) is 6.15. The lowest BCUT2D eigenvalue weighted by Crippen LogP contribution is -2.04. The van der Waals surface area contributed by atoms with Gasteiger partial charge in [-0.1, -0.05) is 12.1 Å². The molecule has 0 radical (unpaired) electrons. The van der Waals surface area contributed by atoms with Crippen LogP contribution in [-0.4, -0.2) is 0 Å². The molecule has 0 spiro atoms. The van der Waals surface area contributed by atoms with Crippen molar-refractivity contribution in [3.05, 3.63) is 138 Å². The first kappa shape index (κ1) is 27.3. The maximum absolute atomic E-state index is 15.1. The Hall–Kier alpha value is -6.23. The SMILES string of the molecule is [C-]#[N+]C1=C(c2ccc3c(c2)/C(=C(\C#N)[N+]#[C-])c2c(F)c(F)c(F)c(F)c2-3)/C(=C(/C#N)[N+]#[C-])c2c(F)c(F)c(F)c(F)c21. The van der Waals surface area contributed by atoms with Gasteiger partial charge in [0.2, 0.25) is 5.70 Å². The van der Waals surface area contributed by atoms with E-state index in [1.54, 1.807) is 0 Å². The van der Waals surface area contributed by atoms with Gasteiger partial charge >= 0.3 is 0 Å². The average molecular weight is 573 g/mol. The van der Waals surface area contributed by atoms with E-state index in [0.717, 1.165) is 18.2 Å². The van der Waals surface area contributed by atoms with Crippen LogP contribution in [0.5, 0.6) is 0 Å². The number of nitriles is 2. The predicted molar refractivity (Wildman–Crippen MR) is 129 cm³/mol. The van der Waals surface area contributed by atoms with Crippen LogP contribution in [0.25, 0.3) is 48.1 Å². The third kappa shape index (κ3) is 3.30. The van der Waals surface area contributed by atoms with E-state index in [-0.39, 0.29) is 11.1 Å². The maximum atomic E-state index is 15.1. The van der Waals surface area contributed by atoms with Crippen molar-refractivity contribution in [3.8, 4) is 23.3 Å².